The van der Waals surface area contributed by atoms with Gasteiger partial charge in [-0.2, -0.15) is 0 Å². The average molecular weight is 423 g/mol. The summed E-state index contributed by atoms with van der Waals surface area (Å²) in [4.78, 5) is 34.8. The predicted octanol–water partition coefficient (Wildman–Crippen LogP) is 1.76. The Morgan fingerprint density at radius 3 is 2.26 bits per heavy atom. The summed E-state index contributed by atoms with van der Waals surface area (Å²) in [7, 11) is 0. The van der Waals surface area contributed by atoms with Gasteiger partial charge in [0.2, 0.25) is 11.8 Å². The van der Waals surface area contributed by atoms with Crippen LogP contribution in [0.5, 0.6) is 0 Å². The highest BCUT2D eigenvalue weighted by molar-refractivity contribution is 14.1. The maximum Gasteiger partial charge on any atom is 0.252 e. The molecule has 23 heavy (non-hydrogen) atoms. The van der Waals surface area contributed by atoms with Crippen molar-refractivity contribution in [1.29, 1.82) is 0 Å². The molecule has 0 saturated carbocycles. The quantitative estimate of drug-likeness (QED) is 0.639. The number of benzene rings is 2. The molecule has 0 aliphatic carbocycles. The molecule has 0 unspecified atom stereocenters. The Kier molecular flexibility index (Phi) is 5.69. The topological polar surface area (TPSA) is 101 Å². The Labute approximate surface area is 146 Å². The van der Waals surface area contributed by atoms with Crippen LogP contribution in [0, 0.1) is 3.57 Å². The van der Waals surface area contributed by atoms with Crippen LogP contribution in [0.2, 0.25) is 0 Å². The van der Waals surface area contributed by atoms with Crippen molar-refractivity contribution in [3.05, 3.63) is 63.2 Å². The number of primary amides is 1. The number of hydrogen-bond donors (Lipinski definition) is 3. The molecule has 0 bridgehead atoms. The van der Waals surface area contributed by atoms with E-state index in [0.29, 0.717) is 16.8 Å². The summed E-state index contributed by atoms with van der Waals surface area (Å²) in [5, 5.41) is 5.18. The molecular formula is C16H14IN3O3. The zero-order valence-corrected chi connectivity index (χ0v) is 14.2. The molecule has 2 aromatic rings. The van der Waals surface area contributed by atoms with Crippen molar-refractivity contribution < 1.29 is 14.4 Å². The summed E-state index contributed by atoms with van der Waals surface area (Å²) in [5.74, 6) is -1.21. The van der Waals surface area contributed by atoms with Gasteiger partial charge in [0.15, 0.2) is 0 Å². The normalized spacial score (nSPS) is 9.96. The van der Waals surface area contributed by atoms with Gasteiger partial charge in [0.05, 0.1) is 12.1 Å². The van der Waals surface area contributed by atoms with Crippen LogP contribution < -0.4 is 16.4 Å². The lowest BCUT2D eigenvalue weighted by molar-refractivity contribution is -0.115. The summed E-state index contributed by atoms with van der Waals surface area (Å²) in [6.45, 7) is -0.151. The lowest BCUT2D eigenvalue weighted by Gasteiger charge is -2.08. The second-order valence-electron chi connectivity index (χ2n) is 4.65. The molecule has 7 heteroatoms. The van der Waals surface area contributed by atoms with Crippen LogP contribution in [-0.4, -0.2) is 24.3 Å². The van der Waals surface area contributed by atoms with Crippen molar-refractivity contribution in [2.45, 2.75) is 0 Å². The number of carbonyl (C=O) groups is 3. The molecule has 0 aliphatic rings. The van der Waals surface area contributed by atoms with Gasteiger partial charge < -0.3 is 16.4 Å². The second-order valence-corrected chi connectivity index (χ2v) is 5.81. The van der Waals surface area contributed by atoms with Gasteiger partial charge in [-0.25, -0.2) is 0 Å². The highest BCUT2D eigenvalue weighted by Gasteiger charge is 2.11. The molecule has 0 atom stereocenters. The van der Waals surface area contributed by atoms with Crippen molar-refractivity contribution in [2.24, 2.45) is 5.73 Å². The van der Waals surface area contributed by atoms with Crippen LogP contribution in [0.4, 0.5) is 5.69 Å². The first kappa shape index (κ1) is 16.9. The van der Waals surface area contributed by atoms with Gasteiger partial charge in [0, 0.05) is 14.8 Å². The monoisotopic (exact) mass is 423 g/mol. The summed E-state index contributed by atoms with van der Waals surface area (Å²) >= 11 is 2.06. The molecule has 6 nitrogen and oxygen atoms in total. The molecule has 0 fully saturated rings. The molecule has 2 aromatic carbocycles. The van der Waals surface area contributed by atoms with Gasteiger partial charge in [-0.05, 0) is 59.0 Å². The molecule has 0 saturated heterocycles. The molecule has 118 valence electrons. The average Bonchev–Trinajstić information content (AvgIpc) is 2.53. The summed E-state index contributed by atoms with van der Waals surface area (Å²) in [5.41, 5.74) is 6.53. The molecule has 0 radical (unpaired) electrons. The fraction of sp³-hybridized carbons (Fsp3) is 0.0625. The fourth-order valence-corrected chi connectivity index (χ4v) is 2.46. The number of nitrogens with two attached hydrogens (primary N) is 1. The lowest BCUT2D eigenvalue weighted by Crippen LogP contribution is -2.33. The molecule has 0 aliphatic heterocycles. The van der Waals surface area contributed by atoms with Crippen LogP contribution in [0.25, 0.3) is 0 Å². The second kappa shape index (κ2) is 7.73. The van der Waals surface area contributed by atoms with Crippen LogP contribution in [0.1, 0.15) is 20.7 Å². The number of carbonyl (C=O) groups excluding carboxylic acids is 3. The number of halogens is 1. The van der Waals surface area contributed by atoms with Crippen molar-refractivity contribution in [3.8, 4) is 0 Å². The number of nitrogens with one attached hydrogen (secondary N) is 2. The maximum atomic E-state index is 12.0. The zero-order valence-electron chi connectivity index (χ0n) is 12.0. The Morgan fingerprint density at radius 2 is 1.65 bits per heavy atom. The standard InChI is InChI=1S/C16H14IN3O3/c17-13-4-2-1-3-12(13)16(23)19-9-14(21)20-11-7-5-10(6-8-11)15(18)22/h1-8H,9H2,(H2,18,22)(H,19,23)(H,20,21). The third-order valence-electron chi connectivity index (χ3n) is 2.98. The molecule has 3 amide bonds. The minimum absolute atomic E-state index is 0.151. The molecular weight excluding hydrogens is 409 g/mol. The minimum atomic E-state index is -0.535. The van der Waals surface area contributed by atoms with E-state index >= 15 is 0 Å². The van der Waals surface area contributed by atoms with E-state index in [2.05, 4.69) is 33.2 Å². The van der Waals surface area contributed by atoms with Crippen molar-refractivity contribution >= 4 is 46.0 Å². The molecule has 0 heterocycles. The highest BCUT2D eigenvalue weighted by atomic mass is 127. The predicted molar refractivity (Wildman–Crippen MR) is 95.1 cm³/mol. The van der Waals surface area contributed by atoms with E-state index in [9.17, 15) is 14.4 Å². The van der Waals surface area contributed by atoms with Crippen LogP contribution in [-0.2, 0) is 4.79 Å². The minimum Gasteiger partial charge on any atom is -0.366 e. The van der Waals surface area contributed by atoms with E-state index < -0.39 is 5.91 Å². The van der Waals surface area contributed by atoms with E-state index in [4.69, 9.17) is 5.73 Å². The molecule has 0 aromatic heterocycles. The zero-order chi connectivity index (χ0) is 16.8. The van der Waals surface area contributed by atoms with Gasteiger partial charge in [-0.15, -0.1) is 0 Å². The highest BCUT2D eigenvalue weighted by Crippen LogP contribution is 2.11. The van der Waals surface area contributed by atoms with E-state index in [0.717, 1.165) is 3.57 Å². The maximum absolute atomic E-state index is 12.0. The summed E-state index contributed by atoms with van der Waals surface area (Å²) < 4.78 is 0.810. The van der Waals surface area contributed by atoms with Gasteiger partial charge >= 0.3 is 0 Å². The smallest absolute Gasteiger partial charge is 0.252 e. The third-order valence-corrected chi connectivity index (χ3v) is 3.92. The third kappa shape index (κ3) is 4.78. The number of rotatable bonds is 5. The first-order chi connectivity index (χ1) is 11.0. The van der Waals surface area contributed by atoms with Crippen molar-refractivity contribution in [2.75, 3.05) is 11.9 Å². The molecule has 0 spiro atoms. The van der Waals surface area contributed by atoms with Gasteiger partial charge in [0.1, 0.15) is 0 Å². The van der Waals surface area contributed by atoms with Crippen LogP contribution in [0.3, 0.4) is 0 Å². The van der Waals surface area contributed by atoms with Crippen molar-refractivity contribution in [3.63, 3.8) is 0 Å². The Morgan fingerprint density at radius 1 is 1.00 bits per heavy atom. The summed E-state index contributed by atoms with van der Waals surface area (Å²) in [6.07, 6.45) is 0. The summed E-state index contributed by atoms with van der Waals surface area (Å²) in [6, 6.07) is 13.3. The molecule has 2 rings (SSSR count). The SMILES string of the molecule is NC(=O)c1ccc(NC(=O)CNC(=O)c2ccccc2I)cc1. The number of hydrogen-bond acceptors (Lipinski definition) is 3. The van der Waals surface area contributed by atoms with Gasteiger partial charge in [-0.1, -0.05) is 12.1 Å². The van der Waals surface area contributed by atoms with Crippen LogP contribution in [0.15, 0.2) is 48.5 Å². The van der Waals surface area contributed by atoms with Gasteiger partial charge in [0.25, 0.3) is 5.91 Å². The van der Waals surface area contributed by atoms with E-state index in [-0.39, 0.29) is 18.4 Å². The lowest BCUT2D eigenvalue weighted by atomic mass is 10.2. The Balaban J connectivity index is 1.89. The number of anilines is 1. The van der Waals surface area contributed by atoms with Gasteiger partial charge in [-0.3, -0.25) is 14.4 Å². The Bertz CT molecular complexity index is 744. The first-order valence-electron chi connectivity index (χ1n) is 6.70. The fourth-order valence-electron chi connectivity index (χ4n) is 1.82. The Hall–Kier alpha value is -2.42. The van der Waals surface area contributed by atoms with Crippen molar-refractivity contribution in [1.82, 2.24) is 5.32 Å². The van der Waals surface area contributed by atoms with E-state index in [1.165, 1.54) is 12.1 Å². The largest absolute Gasteiger partial charge is 0.366 e. The van der Waals surface area contributed by atoms with E-state index in [1.54, 1.807) is 24.3 Å². The number of amides is 3. The van der Waals surface area contributed by atoms with E-state index in [1.807, 2.05) is 12.1 Å². The molecule has 4 N–H and O–H groups in total. The van der Waals surface area contributed by atoms with Crippen LogP contribution >= 0.6 is 22.6 Å². The first-order valence-corrected chi connectivity index (χ1v) is 7.77.